The maximum Gasteiger partial charge on any atom is 0.185 e. The molecule has 5 heteroatoms. The summed E-state index contributed by atoms with van der Waals surface area (Å²) in [6.07, 6.45) is 4.43. The molecule has 5 nitrogen and oxygen atoms in total. The lowest BCUT2D eigenvalue weighted by Crippen LogP contribution is -2.44. The first kappa shape index (κ1) is 14.2. The number of methoxy groups -OCH3 is 2. The van der Waals surface area contributed by atoms with Crippen molar-refractivity contribution in [3.63, 3.8) is 0 Å². The van der Waals surface area contributed by atoms with Crippen LogP contribution in [-0.4, -0.2) is 40.8 Å². The van der Waals surface area contributed by atoms with E-state index in [0.29, 0.717) is 6.42 Å². The summed E-state index contributed by atoms with van der Waals surface area (Å²) in [5, 5.41) is 10.3. The van der Waals surface area contributed by atoms with Crippen molar-refractivity contribution < 1.29 is 14.6 Å². The lowest BCUT2D eigenvalue weighted by molar-refractivity contribution is -0.208. The van der Waals surface area contributed by atoms with Gasteiger partial charge in [0.15, 0.2) is 6.29 Å². The molecule has 1 rings (SSSR count). The fourth-order valence-corrected chi connectivity index (χ4v) is 1.96. The summed E-state index contributed by atoms with van der Waals surface area (Å²) in [7, 11) is 3.03. The Bertz CT molecular complexity index is 332. The highest BCUT2D eigenvalue weighted by Crippen LogP contribution is 2.19. The van der Waals surface area contributed by atoms with E-state index in [1.54, 1.807) is 13.1 Å². The molecule has 0 spiro atoms. The third-order valence-electron chi connectivity index (χ3n) is 2.72. The van der Waals surface area contributed by atoms with Crippen LogP contribution in [0.3, 0.4) is 0 Å². The van der Waals surface area contributed by atoms with Gasteiger partial charge in [-0.25, -0.2) is 4.98 Å². The van der Waals surface area contributed by atoms with E-state index in [4.69, 9.17) is 9.47 Å². The fraction of sp³-hybridized carbons (Fsp3) is 0.750. The fourth-order valence-electron chi connectivity index (χ4n) is 1.96. The normalized spacial score (nSPS) is 15.2. The molecule has 0 bridgehead atoms. The third kappa shape index (κ3) is 3.52. The van der Waals surface area contributed by atoms with Crippen molar-refractivity contribution in [2.24, 2.45) is 0 Å². The van der Waals surface area contributed by atoms with Crippen molar-refractivity contribution in [3.8, 4) is 0 Å². The zero-order chi connectivity index (χ0) is 12.9. The van der Waals surface area contributed by atoms with Gasteiger partial charge in [0.05, 0.1) is 0 Å². The Hall–Kier alpha value is -0.910. The molecule has 1 unspecified atom stereocenters. The number of hydrogen-bond donors (Lipinski definition) is 1. The van der Waals surface area contributed by atoms with Crippen LogP contribution in [0.1, 0.15) is 26.1 Å². The van der Waals surface area contributed by atoms with Crippen molar-refractivity contribution in [2.75, 3.05) is 14.2 Å². The summed E-state index contributed by atoms with van der Waals surface area (Å²) in [5.41, 5.74) is -1.10. The van der Waals surface area contributed by atoms with Gasteiger partial charge in [-0.05, 0) is 13.3 Å². The van der Waals surface area contributed by atoms with Gasteiger partial charge in [-0.15, -0.1) is 0 Å². The van der Waals surface area contributed by atoms with Crippen LogP contribution in [-0.2, 0) is 22.4 Å². The summed E-state index contributed by atoms with van der Waals surface area (Å²) < 4.78 is 12.2. The number of nitrogens with zero attached hydrogens (tertiary/aromatic N) is 2. The standard InChI is InChI=1S/C12H22N2O3/c1-5-7-14-8-6-13-10(14)9-12(2,15)11(16-3)17-4/h6,8,11,15H,5,7,9H2,1-4H3. The predicted octanol–water partition coefficient (Wildman–Crippen LogP) is 1.21. The lowest BCUT2D eigenvalue weighted by Gasteiger charge is -2.30. The van der Waals surface area contributed by atoms with Gasteiger partial charge in [-0.3, -0.25) is 0 Å². The van der Waals surface area contributed by atoms with Gasteiger partial charge in [0, 0.05) is 39.6 Å². The second kappa shape index (κ2) is 6.14. The Labute approximate surface area is 102 Å². The lowest BCUT2D eigenvalue weighted by atomic mass is 10.0. The van der Waals surface area contributed by atoms with E-state index < -0.39 is 11.9 Å². The first-order valence-corrected chi connectivity index (χ1v) is 5.83. The topological polar surface area (TPSA) is 56.5 Å². The molecule has 98 valence electrons. The minimum absolute atomic E-state index is 0.395. The summed E-state index contributed by atoms with van der Waals surface area (Å²) in [6, 6.07) is 0. The Kier molecular flexibility index (Phi) is 5.11. The van der Waals surface area contributed by atoms with E-state index in [1.807, 2.05) is 10.8 Å². The van der Waals surface area contributed by atoms with Crippen LogP contribution >= 0.6 is 0 Å². The van der Waals surface area contributed by atoms with Crippen molar-refractivity contribution in [2.45, 2.75) is 45.1 Å². The predicted molar refractivity (Wildman–Crippen MR) is 64.7 cm³/mol. The van der Waals surface area contributed by atoms with E-state index >= 15 is 0 Å². The number of aryl methyl sites for hydroxylation is 1. The Morgan fingerprint density at radius 2 is 2.12 bits per heavy atom. The SMILES string of the molecule is CCCn1ccnc1CC(C)(O)C(OC)OC. The highest BCUT2D eigenvalue weighted by Gasteiger charge is 2.33. The van der Waals surface area contributed by atoms with Crippen LogP contribution in [0.2, 0.25) is 0 Å². The number of aliphatic hydroxyl groups is 1. The van der Waals surface area contributed by atoms with Crippen LogP contribution in [0, 0.1) is 0 Å². The first-order chi connectivity index (χ1) is 8.05. The van der Waals surface area contributed by atoms with E-state index in [0.717, 1.165) is 18.8 Å². The average Bonchev–Trinajstić information content (AvgIpc) is 2.67. The molecule has 0 saturated heterocycles. The van der Waals surface area contributed by atoms with Crippen molar-refractivity contribution in [1.29, 1.82) is 0 Å². The summed E-state index contributed by atoms with van der Waals surface area (Å²) in [5.74, 6) is 0.843. The quantitative estimate of drug-likeness (QED) is 0.730. The second-order valence-electron chi connectivity index (χ2n) is 4.37. The smallest absolute Gasteiger partial charge is 0.185 e. The molecule has 0 saturated carbocycles. The maximum atomic E-state index is 10.3. The molecule has 0 amide bonds. The molecule has 1 N–H and O–H groups in total. The molecule has 1 aromatic rings. The molecule has 0 radical (unpaired) electrons. The highest BCUT2D eigenvalue weighted by molar-refractivity contribution is 4.98. The van der Waals surface area contributed by atoms with Crippen molar-refractivity contribution in [1.82, 2.24) is 9.55 Å². The maximum absolute atomic E-state index is 10.3. The van der Waals surface area contributed by atoms with Gasteiger partial charge >= 0.3 is 0 Å². The minimum Gasteiger partial charge on any atom is -0.384 e. The highest BCUT2D eigenvalue weighted by atomic mass is 16.7. The molecule has 1 aromatic heterocycles. The van der Waals surface area contributed by atoms with Gasteiger partial charge in [0.1, 0.15) is 11.4 Å². The number of aromatic nitrogens is 2. The average molecular weight is 242 g/mol. The van der Waals surface area contributed by atoms with Gasteiger partial charge < -0.3 is 19.1 Å². The van der Waals surface area contributed by atoms with E-state index in [9.17, 15) is 5.11 Å². The molecule has 0 aliphatic heterocycles. The second-order valence-corrected chi connectivity index (χ2v) is 4.37. The molecule has 0 aliphatic rings. The van der Waals surface area contributed by atoms with Gasteiger partial charge in [0.2, 0.25) is 0 Å². The third-order valence-corrected chi connectivity index (χ3v) is 2.72. The van der Waals surface area contributed by atoms with Gasteiger partial charge in [-0.2, -0.15) is 0 Å². The van der Waals surface area contributed by atoms with Crippen LogP contribution in [0.5, 0.6) is 0 Å². The Morgan fingerprint density at radius 1 is 1.47 bits per heavy atom. The van der Waals surface area contributed by atoms with Crippen LogP contribution < -0.4 is 0 Å². The molecule has 17 heavy (non-hydrogen) atoms. The number of imidazole rings is 1. The van der Waals surface area contributed by atoms with E-state index in [-0.39, 0.29) is 0 Å². The monoisotopic (exact) mass is 242 g/mol. The molecule has 1 atom stereocenters. The van der Waals surface area contributed by atoms with Crippen LogP contribution in [0.25, 0.3) is 0 Å². The largest absolute Gasteiger partial charge is 0.384 e. The molecule has 0 aliphatic carbocycles. The van der Waals surface area contributed by atoms with Crippen molar-refractivity contribution in [3.05, 3.63) is 18.2 Å². The number of ether oxygens (including phenoxy) is 2. The molecule has 1 heterocycles. The molecular weight excluding hydrogens is 220 g/mol. The van der Waals surface area contributed by atoms with Crippen LogP contribution in [0.15, 0.2) is 12.4 Å². The van der Waals surface area contributed by atoms with E-state index in [1.165, 1.54) is 14.2 Å². The molecule has 0 aromatic carbocycles. The van der Waals surface area contributed by atoms with E-state index in [2.05, 4.69) is 11.9 Å². The summed E-state index contributed by atoms with van der Waals surface area (Å²) in [6.45, 7) is 4.70. The minimum atomic E-state index is -1.10. The summed E-state index contributed by atoms with van der Waals surface area (Å²) in [4.78, 5) is 4.26. The Morgan fingerprint density at radius 3 is 2.65 bits per heavy atom. The Balaban J connectivity index is 2.77. The van der Waals surface area contributed by atoms with Crippen LogP contribution in [0.4, 0.5) is 0 Å². The number of hydrogen-bond acceptors (Lipinski definition) is 4. The zero-order valence-corrected chi connectivity index (χ0v) is 11.0. The first-order valence-electron chi connectivity index (χ1n) is 5.83. The van der Waals surface area contributed by atoms with Gasteiger partial charge in [0.25, 0.3) is 0 Å². The van der Waals surface area contributed by atoms with Crippen molar-refractivity contribution >= 4 is 0 Å². The zero-order valence-electron chi connectivity index (χ0n) is 11.0. The summed E-state index contributed by atoms with van der Waals surface area (Å²) >= 11 is 0. The molecular formula is C12H22N2O3. The number of rotatable bonds is 7. The molecule has 0 fully saturated rings. The van der Waals surface area contributed by atoms with Gasteiger partial charge in [-0.1, -0.05) is 6.92 Å².